The summed E-state index contributed by atoms with van der Waals surface area (Å²) >= 11 is 0. The van der Waals surface area contributed by atoms with Crippen molar-refractivity contribution in [3.63, 3.8) is 0 Å². The minimum Gasteiger partial charge on any atom is -0.372 e. The lowest BCUT2D eigenvalue weighted by Gasteiger charge is -2.39. The lowest BCUT2D eigenvalue weighted by atomic mass is 9.94. The van der Waals surface area contributed by atoms with Gasteiger partial charge in [0.1, 0.15) is 12.7 Å². The van der Waals surface area contributed by atoms with E-state index in [-0.39, 0.29) is 6.61 Å². The van der Waals surface area contributed by atoms with Crippen molar-refractivity contribution in [2.24, 2.45) is 0 Å². The van der Waals surface area contributed by atoms with Crippen molar-refractivity contribution in [2.45, 2.75) is 42.1 Å². The highest BCUT2D eigenvalue weighted by Crippen LogP contribution is 2.58. The summed E-state index contributed by atoms with van der Waals surface area (Å²) in [5, 5.41) is 0. The number of rotatable bonds is 9. The fourth-order valence-corrected chi connectivity index (χ4v) is 1.35. The number of hydrogen-bond donors (Lipinski definition) is 0. The molecule has 1 fully saturated rings. The Kier molecular flexibility index (Phi) is 5.38. The van der Waals surface area contributed by atoms with Gasteiger partial charge in [-0.3, -0.25) is 0 Å². The molecule has 0 saturated carbocycles. The first kappa shape index (κ1) is 21.1. The zero-order valence-corrected chi connectivity index (χ0v) is 11.1. The summed E-state index contributed by atoms with van der Waals surface area (Å²) in [6, 6.07) is 0. The standard InChI is InChI=1S/C10H8F12O2/c11-5(12)7(15,16)9(19,20)10(21,22)8(17,18)6(13,14)3-23-1-4-2-24-4/h4-5H,1-3H2/t4-/m0/s1. The molecule has 0 spiro atoms. The molecular formula is C10H8F12O2. The topological polar surface area (TPSA) is 21.8 Å². The van der Waals surface area contributed by atoms with Crippen molar-refractivity contribution in [3.05, 3.63) is 0 Å². The predicted molar refractivity (Wildman–Crippen MR) is 51.3 cm³/mol. The molecule has 0 aromatic carbocycles. The Morgan fingerprint density at radius 1 is 0.833 bits per heavy atom. The maximum absolute atomic E-state index is 13.1. The van der Waals surface area contributed by atoms with E-state index in [1.54, 1.807) is 0 Å². The van der Waals surface area contributed by atoms with Gasteiger partial charge in [0.25, 0.3) is 0 Å². The number of epoxide rings is 1. The first-order valence-corrected chi connectivity index (χ1v) is 5.89. The summed E-state index contributed by atoms with van der Waals surface area (Å²) in [6.07, 6.45) is -6.30. The Morgan fingerprint density at radius 3 is 1.67 bits per heavy atom. The van der Waals surface area contributed by atoms with Crippen LogP contribution in [0.3, 0.4) is 0 Å². The van der Waals surface area contributed by atoms with Crippen molar-refractivity contribution in [2.75, 3.05) is 19.8 Å². The summed E-state index contributed by atoms with van der Waals surface area (Å²) in [5.74, 6) is -35.2. The fraction of sp³-hybridized carbons (Fsp3) is 1.00. The van der Waals surface area contributed by atoms with Gasteiger partial charge in [-0.1, -0.05) is 0 Å². The lowest BCUT2D eigenvalue weighted by molar-refractivity contribution is -0.415. The van der Waals surface area contributed by atoms with Gasteiger partial charge in [-0.15, -0.1) is 0 Å². The third kappa shape index (κ3) is 3.26. The molecule has 0 aromatic heterocycles. The second-order valence-electron chi connectivity index (χ2n) is 4.82. The SMILES string of the molecule is FC(F)C(F)(F)C(F)(F)C(F)(F)C(F)(F)C(F)(F)COC[C@H]1CO1. The number of hydrogen-bond acceptors (Lipinski definition) is 2. The van der Waals surface area contributed by atoms with Crippen molar-refractivity contribution in [1.82, 2.24) is 0 Å². The Hall–Kier alpha value is -0.920. The van der Waals surface area contributed by atoms with Crippen molar-refractivity contribution >= 4 is 0 Å². The smallest absolute Gasteiger partial charge is 0.372 e. The molecule has 1 aliphatic rings. The van der Waals surface area contributed by atoms with Gasteiger partial charge >= 0.3 is 36.0 Å². The van der Waals surface area contributed by atoms with E-state index in [1.165, 1.54) is 0 Å². The van der Waals surface area contributed by atoms with E-state index in [0.29, 0.717) is 0 Å². The Morgan fingerprint density at radius 2 is 1.29 bits per heavy atom. The predicted octanol–water partition coefficient (Wildman–Crippen LogP) is 3.84. The van der Waals surface area contributed by atoms with Gasteiger partial charge in [-0.05, 0) is 0 Å². The highest BCUT2D eigenvalue weighted by atomic mass is 19.4. The van der Waals surface area contributed by atoms with E-state index >= 15 is 0 Å². The molecule has 1 aliphatic heterocycles. The van der Waals surface area contributed by atoms with Crippen LogP contribution >= 0.6 is 0 Å². The normalized spacial score (nSPS) is 20.6. The second kappa shape index (κ2) is 6.11. The lowest BCUT2D eigenvalue weighted by Crippen LogP contribution is -2.69. The van der Waals surface area contributed by atoms with Crippen LogP contribution in [0.2, 0.25) is 0 Å². The monoisotopic (exact) mass is 388 g/mol. The van der Waals surface area contributed by atoms with Gasteiger partial charge in [0, 0.05) is 0 Å². The van der Waals surface area contributed by atoms with Crippen LogP contribution in [0.1, 0.15) is 0 Å². The number of halogens is 12. The second-order valence-corrected chi connectivity index (χ2v) is 4.82. The molecule has 14 heteroatoms. The molecule has 0 aliphatic carbocycles. The minimum atomic E-state index is -7.51. The largest absolute Gasteiger partial charge is 0.384 e. The van der Waals surface area contributed by atoms with Gasteiger partial charge < -0.3 is 9.47 Å². The van der Waals surface area contributed by atoms with Crippen LogP contribution in [0.4, 0.5) is 52.7 Å². The van der Waals surface area contributed by atoms with E-state index < -0.39 is 55.4 Å². The fourth-order valence-electron chi connectivity index (χ4n) is 1.35. The molecule has 1 rings (SSSR count). The van der Waals surface area contributed by atoms with Crippen molar-refractivity contribution in [3.8, 4) is 0 Å². The Labute approximate surface area is 125 Å². The van der Waals surface area contributed by atoms with Crippen molar-refractivity contribution < 1.29 is 62.2 Å². The molecule has 1 heterocycles. The van der Waals surface area contributed by atoms with Gasteiger partial charge in [-0.2, -0.15) is 43.9 Å². The maximum Gasteiger partial charge on any atom is 0.384 e. The maximum atomic E-state index is 13.1. The van der Waals surface area contributed by atoms with Crippen LogP contribution in [0.5, 0.6) is 0 Å². The molecule has 144 valence electrons. The van der Waals surface area contributed by atoms with Crippen LogP contribution in [0.15, 0.2) is 0 Å². The summed E-state index contributed by atoms with van der Waals surface area (Å²) < 4.78 is 161. The summed E-state index contributed by atoms with van der Waals surface area (Å²) in [4.78, 5) is 0. The van der Waals surface area contributed by atoms with Crippen LogP contribution < -0.4 is 0 Å². The number of alkyl halides is 12. The molecule has 0 aromatic rings. The average Bonchev–Trinajstić information content (AvgIpc) is 3.21. The first-order valence-electron chi connectivity index (χ1n) is 5.89. The van der Waals surface area contributed by atoms with Gasteiger partial charge in [0.15, 0.2) is 0 Å². The highest BCUT2D eigenvalue weighted by Gasteiger charge is 2.87. The van der Waals surface area contributed by atoms with Gasteiger partial charge in [0.2, 0.25) is 0 Å². The highest BCUT2D eigenvalue weighted by molar-refractivity contribution is 5.09. The zero-order chi connectivity index (χ0) is 19.2. The molecule has 24 heavy (non-hydrogen) atoms. The first-order chi connectivity index (χ1) is 10.5. The Balaban J connectivity index is 3.06. The van der Waals surface area contributed by atoms with Gasteiger partial charge in [-0.25, -0.2) is 8.78 Å². The molecule has 0 bridgehead atoms. The molecule has 0 radical (unpaired) electrons. The van der Waals surface area contributed by atoms with Crippen LogP contribution in [-0.2, 0) is 9.47 Å². The minimum absolute atomic E-state index is 0.0171. The molecule has 2 nitrogen and oxygen atoms in total. The van der Waals surface area contributed by atoms with Crippen LogP contribution in [0.25, 0.3) is 0 Å². The van der Waals surface area contributed by atoms with Crippen LogP contribution in [0, 0.1) is 0 Å². The third-order valence-electron chi connectivity index (χ3n) is 2.93. The van der Waals surface area contributed by atoms with E-state index in [4.69, 9.17) is 0 Å². The van der Waals surface area contributed by atoms with E-state index in [1.807, 2.05) is 0 Å². The van der Waals surface area contributed by atoms with Gasteiger partial charge in [0.05, 0.1) is 13.2 Å². The molecule has 0 N–H and O–H groups in total. The number of ether oxygens (including phenoxy) is 2. The summed E-state index contributed by atoms with van der Waals surface area (Å²) in [7, 11) is 0. The summed E-state index contributed by atoms with van der Waals surface area (Å²) in [6.45, 7) is -3.34. The van der Waals surface area contributed by atoms with Crippen LogP contribution in [-0.4, -0.2) is 62.0 Å². The molecule has 1 saturated heterocycles. The van der Waals surface area contributed by atoms with E-state index in [9.17, 15) is 52.7 Å². The molecular weight excluding hydrogens is 380 g/mol. The third-order valence-corrected chi connectivity index (χ3v) is 2.93. The van der Waals surface area contributed by atoms with Crippen molar-refractivity contribution in [1.29, 1.82) is 0 Å². The van der Waals surface area contributed by atoms with E-state index in [2.05, 4.69) is 9.47 Å². The summed E-state index contributed by atoms with van der Waals surface area (Å²) in [5.41, 5.74) is 0. The Bertz CT molecular complexity index is 445. The molecule has 0 unspecified atom stereocenters. The average molecular weight is 388 g/mol. The zero-order valence-electron chi connectivity index (χ0n) is 11.1. The molecule has 1 atom stereocenters. The molecule has 0 amide bonds. The van der Waals surface area contributed by atoms with E-state index in [0.717, 1.165) is 0 Å². The quantitative estimate of drug-likeness (QED) is 0.442.